The first-order valence-corrected chi connectivity index (χ1v) is 5.37. The molecule has 0 unspecified atom stereocenters. The van der Waals surface area contributed by atoms with E-state index in [1.807, 2.05) is 0 Å². The van der Waals surface area contributed by atoms with Crippen LogP contribution in [0.4, 0.5) is 5.69 Å². The lowest BCUT2D eigenvalue weighted by molar-refractivity contribution is -0.143. The van der Waals surface area contributed by atoms with E-state index in [-0.39, 0.29) is 11.7 Å². The Kier molecular flexibility index (Phi) is 4.64. The second-order valence-electron chi connectivity index (χ2n) is 3.51. The van der Waals surface area contributed by atoms with Crippen LogP contribution in [0.25, 0.3) is 0 Å². The van der Waals surface area contributed by atoms with Gasteiger partial charge in [0.25, 0.3) is 0 Å². The van der Waals surface area contributed by atoms with Crippen LogP contribution in [0, 0.1) is 0 Å². The summed E-state index contributed by atoms with van der Waals surface area (Å²) in [6, 6.07) is 5.23. The fourth-order valence-corrected chi connectivity index (χ4v) is 1.47. The van der Waals surface area contributed by atoms with Crippen LogP contribution in [0.5, 0.6) is 5.75 Å². The number of ether oxygens (including phenoxy) is 1. The van der Waals surface area contributed by atoms with E-state index < -0.39 is 0 Å². The lowest BCUT2D eigenvalue weighted by Crippen LogP contribution is -2.04. The maximum Gasteiger partial charge on any atom is 0.305 e. The minimum absolute atomic E-state index is 0.117. The molecule has 88 valence electrons. The van der Waals surface area contributed by atoms with Crippen LogP contribution < -0.4 is 5.73 Å². The lowest BCUT2D eigenvalue weighted by Gasteiger charge is -2.06. The number of nitrogen functional groups attached to an aromatic ring is 1. The molecular formula is C12H17NO3. The molecule has 0 aromatic heterocycles. The van der Waals surface area contributed by atoms with E-state index in [2.05, 4.69) is 0 Å². The highest BCUT2D eigenvalue weighted by Crippen LogP contribution is 2.25. The summed E-state index contributed by atoms with van der Waals surface area (Å²) in [5, 5.41) is 9.62. The van der Waals surface area contributed by atoms with Crippen molar-refractivity contribution in [2.24, 2.45) is 0 Å². The average molecular weight is 223 g/mol. The van der Waals surface area contributed by atoms with E-state index in [9.17, 15) is 9.90 Å². The number of phenolic OH excluding ortho intramolecular Hbond substituents is 1. The minimum atomic E-state index is -0.203. The summed E-state index contributed by atoms with van der Waals surface area (Å²) in [6.07, 6.45) is 1.63. The SMILES string of the molecule is CCOC(=O)CCCc1cccc(N)c1O. The van der Waals surface area contributed by atoms with E-state index >= 15 is 0 Å². The maximum absolute atomic E-state index is 11.1. The molecule has 1 aromatic rings. The highest BCUT2D eigenvalue weighted by Gasteiger charge is 2.06. The van der Waals surface area contributed by atoms with Crippen LogP contribution in [0.2, 0.25) is 0 Å². The van der Waals surface area contributed by atoms with E-state index in [1.54, 1.807) is 25.1 Å². The average Bonchev–Trinajstić information content (AvgIpc) is 2.25. The Morgan fingerprint density at radius 3 is 2.94 bits per heavy atom. The molecule has 0 aliphatic rings. The monoisotopic (exact) mass is 223 g/mol. The number of nitrogens with two attached hydrogens (primary N) is 1. The molecule has 4 heteroatoms. The quantitative estimate of drug-likeness (QED) is 0.454. The van der Waals surface area contributed by atoms with E-state index in [1.165, 1.54) is 0 Å². The molecule has 0 atom stereocenters. The highest BCUT2D eigenvalue weighted by atomic mass is 16.5. The van der Waals surface area contributed by atoms with Gasteiger partial charge in [-0.25, -0.2) is 0 Å². The van der Waals surface area contributed by atoms with Crippen LogP contribution in [-0.4, -0.2) is 17.7 Å². The smallest absolute Gasteiger partial charge is 0.305 e. The van der Waals surface area contributed by atoms with Crippen molar-refractivity contribution in [3.63, 3.8) is 0 Å². The number of carbonyl (C=O) groups excluding carboxylic acids is 1. The van der Waals surface area contributed by atoms with Crippen LogP contribution in [-0.2, 0) is 16.0 Å². The third-order valence-corrected chi connectivity index (χ3v) is 2.28. The summed E-state index contributed by atoms with van der Waals surface area (Å²) >= 11 is 0. The van der Waals surface area contributed by atoms with Gasteiger partial charge in [0.15, 0.2) is 0 Å². The Labute approximate surface area is 95.0 Å². The van der Waals surface area contributed by atoms with Gasteiger partial charge in [-0.2, -0.15) is 0 Å². The zero-order valence-corrected chi connectivity index (χ0v) is 9.40. The molecule has 3 N–H and O–H groups in total. The van der Waals surface area contributed by atoms with Gasteiger partial charge < -0.3 is 15.6 Å². The molecule has 16 heavy (non-hydrogen) atoms. The number of hydrogen-bond acceptors (Lipinski definition) is 4. The molecule has 0 heterocycles. The molecule has 0 fully saturated rings. The predicted molar refractivity (Wildman–Crippen MR) is 62.1 cm³/mol. The number of rotatable bonds is 5. The number of carbonyl (C=O) groups is 1. The van der Waals surface area contributed by atoms with Crippen molar-refractivity contribution in [2.75, 3.05) is 12.3 Å². The fourth-order valence-electron chi connectivity index (χ4n) is 1.47. The molecule has 0 bridgehead atoms. The van der Waals surface area contributed by atoms with Crippen LogP contribution in [0.1, 0.15) is 25.3 Å². The first kappa shape index (κ1) is 12.4. The summed E-state index contributed by atoms with van der Waals surface area (Å²) in [5.41, 5.74) is 6.70. The van der Waals surface area contributed by atoms with Gasteiger partial charge in [-0.05, 0) is 31.4 Å². The van der Waals surface area contributed by atoms with Gasteiger partial charge in [-0.15, -0.1) is 0 Å². The number of para-hydroxylation sites is 1. The molecule has 0 saturated carbocycles. The van der Waals surface area contributed by atoms with Gasteiger partial charge in [0, 0.05) is 6.42 Å². The van der Waals surface area contributed by atoms with Crippen LogP contribution in [0.15, 0.2) is 18.2 Å². The third kappa shape index (κ3) is 3.46. The minimum Gasteiger partial charge on any atom is -0.506 e. The number of benzene rings is 1. The van der Waals surface area contributed by atoms with Crippen molar-refractivity contribution < 1.29 is 14.6 Å². The highest BCUT2D eigenvalue weighted by molar-refractivity contribution is 5.69. The van der Waals surface area contributed by atoms with Crippen molar-refractivity contribution in [3.8, 4) is 5.75 Å². The summed E-state index contributed by atoms with van der Waals surface area (Å²) in [4.78, 5) is 11.1. The van der Waals surface area contributed by atoms with Gasteiger partial charge in [0.2, 0.25) is 0 Å². The molecule has 0 radical (unpaired) electrons. The molecule has 0 aliphatic heterocycles. The summed E-state index contributed by atoms with van der Waals surface area (Å²) in [5.74, 6) is -0.0859. The van der Waals surface area contributed by atoms with Crippen molar-refractivity contribution in [1.29, 1.82) is 0 Å². The topological polar surface area (TPSA) is 72.5 Å². The standard InChI is InChI=1S/C12H17NO3/c1-2-16-11(14)8-4-6-9-5-3-7-10(13)12(9)15/h3,5,7,15H,2,4,6,8,13H2,1H3. The van der Waals surface area contributed by atoms with Gasteiger partial charge in [-0.3, -0.25) is 4.79 Å². The van der Waals surface area contributed by atoms with Crippen LogP contribution in [0.3, 0.4) is 0 Å². The Hall–Kier alpha value is -1.71. The summed E-state index contributed by atoms with van der Waals surface area (Å²) in [6.45, 7) is 2.18. The largest absolute Gasteiger partial charge is 0.506 e. The maximum atomic E-state index is 11.1. The van der Waals surface area contributed by atoms with Crippen molar-refractivity contribution in [3.05, 3.63) is 23.8 Å². The van der Waals surface area contributed by atoms with E-state index in [0.717, 1.165) is 5.56 Å². The third-order valence-electron chi connectivity index (χ3n) is 2.28. The number of aryl methyl sites for hydroxylation is 1. The molecule has 1 rings (SSSR count). The molecule has 0 aliphatic carbocycles. The Morgan fingerprint density at radius 2 is 2.25 bits per heavy atom. The zero-order chi connectivity index (χ0) is 12.0. The Morgan fingerprint density at radius 1 is 1.50 bits per heavy atom. The normalized spacial score (nSPS) is 10.1. The molecule has 0 saturated heterocycles. The Balaban J connectivity index is 2.43. The van der Waals surface area contributed by atoms with Crippen molar-refractivity contribution in [1.82, 2.24) is 0 Å². The molecular weight excluding hydrogens is 206 g/mol. The van der Waals surface area contributed by atoms with Gasteiger partial charge >= 0.3 is 5.97 Å². The first-order valence-electron chi connectivity index (χ1n) is 5.37. The number of hydrogen-bond donors (Lipinski definition) is 2. The number of aromatic hydroxyl groups is 1. The van der Waals surface area contributed by atoms with Crippen molar-refractivity contribution in [2.45, 2.75) is 26.2 Å². The fraction of sp³-hybridized carbons (Fsp3) is 0.417. The number of phenols is 1. The zero-order valence-electron chi connectivity index (χ0n) is 9.40. The van der Waals surface area contributed by atoms with Gasteiger partial charge in [0.1, 0.15) is 5.75 Å². The molecule has 1 aromatic carbocycles. The number of anilines is 1. The molecule has 0 amide bonds. The summed E-state index contributed by atoms with van der Waals surface area (Å²) < 4.78 is 4.81. The van der Waals surface area contributed by atoms with Gasteiger partial charge in [-0.1, -0.05) is 12.1 Å². The molecule has 4 nitrogen and oxygen atoms in total. The Bertz CT molecular complexity index is 363. The van der Waals surface area contributed by atoms with E-state index in [0.29, 0.717) is 31.6 Å². The van der Waals surface area contributed by atoms with E-state index in [4.69, 9.17) is 10.5 Å². The number of esters is 1. The lowest BCUT2D eigenvalue weighted by atomic mass is 10.1. The second kappa shape index (κ2) is 6.00. The predicted octanol–water partition coefficient (Wildman–Crippen LogP) is 1.86. The van der Waals surface area contributed by atoms with Gasteiger partial charge in [0.05, 0.1) is 12.3 Å². The summed E-state index contributed by atoms with van der Waals surface area (Å²) in [7, 11) is 0. The second-order valence-corrected chi connectivity index (χ2v) is 3.51. The van der Waals surface area contributed by atoms with Crippen LogP contribution >= 0.6 is 0 Å². The van der Waals surface area contributed by atoms with Crippen molar-refractivity contribution >= 4 is 11.7 Å². The first-order chi connectivity index (χ1) is 7.65. The molecule has 0 spiro atoms.